The average Bonchev–Trinajstić information content (AvgIpc) is 2.82. The van der Waals surface area contributed by atoms with Gasteiger partial charge in [0.15, 0.2) is 0 Å². The maximum absolute atomic E-state index is 12.2. The highest BCUT2D eigenvalue weighted by Crippen LogP contribution is 2.39. The molecule has 18 heavy (non-hydrogen) atoms. The van der Waals surface area contributed by atoms with E-state index in [0.29, 0.717) is 4.47 Å². The normalized spacial score (nSPS) is 26.4. The molecule has 1 unspecified atom stereocenters. The fraction of sp³-hybridized carbons (Fsp3) is 0.636. The monoisotopic (exact) mass is 334 g/mol. The zero-order valence-electron chi connectivity index (χ0n) is 9.78. The van der Waals surface area contributed by atoms with Gasteiger partial charge in [-0.2, -0.15) is 0 Å². The summed E-state index contributed by atoms with van der Waals surface area (Å²) in [4.78, 5) is 0. The molecule has 1 aliphatic carbocycles. The Bertz CT molecular complexity index is 550. The number of sulfonamides is 1. The molecule has 1 atom stereocenters. The summed E-state index contributed by atoms with van der Waals surface area (Å²) in [5.41, 5.74) is -0.0217. The Hall–Kier alpha value is -0.370. The number of hydrogen-bond acceptors (Lipinski definition) is 4. The SMILES string of the molecule is O=S(=O)(NC1CCNC12CCC2)c1occc1Br. The van der Waals surface area contributed by atoms with Crippen LogP contribution in [0.15, 0.2) is 26.3 Å². The molecule has 1 spiro atoms. The van der Waals surface area contributed by atoms with Gasteiger partial charge >= 0.3 is 0 Å². The summed E-state index contributed by atoms with van der Waals surface area (Å²) in [5.74, 6) is 0. The van der Waals surface area contributed by atoms with Crippen LogP contribution in [-0.4, -0.2) is 26.5 Å². The van der Waals surface area contributed by atoms with Gasteiger partial charge in [-0.15, -0.1) is 0 Å². The van der Waals surface area contributed by atoms with E-state index >= 15 is 0 Å². The minimum atomic E-state index is -3.58. The fourth-order valence-corrected chi connectivity index (χ4v) is 5.00. The van der Waals surface area contributed by atoms with E-state index in [4.69, 9.17) is 4.42 Å². The van der Waals surface area contributed by atoms with Gasteiger partial charge in [0, 0.05) is 11.6 Å². The molecule has 0 bridgehead atoms. The standard InChI is InChI=1S/C11H15BrN2O3S/c12-8-3-7-17-10(8)18(15,16)14-9-2-6-13-11(9)4-1-5-11/h3,7,9,13-14H,1-2,4-6H2. The third-order valence-electron chi connectivity index (χ3n) is 3.95. The minimum absolute atomic E-state index is 0.0217. The van der Waals surface area contributed by atoms with Crippen molar-refractivity contribution in [2.75, 3.05) is 6.54 Å². The maximum Gasteiger partial charge on any atom is 0.275 e. The number of halogens is 1. The van der Waals surface area contributed by atoms with Gasteiger partial charge in [-0.05, 0) is 54.2 Å². The Morgan fingerprint density at radius 3 is 2.83 bits per heavy atom. The van der Waals surface area contributed by atoms with Crippen molar-refractivity contribution in [3.63, 3.8) is 0 Å². The lowest BCUT2D eigenvalue weighted by atomic mass is 9.73. The molecule has 3 rings (SSSR count). The van der Waals surface area contributed by atoms with Crippen molar-refractivity contribution < 1.29 is 12.8 Å². The maximum atomic E-state index is 12.2. The molecule has 1 aromatic heterocycles. The Labute approximate surface area is 114 Å². The van der Waals surface area contributed by atoms with E-state index < -0.39 is 10.0 Å². The van der Waals surface area contributed by atoms with E-state index in [0.717, 1.165) is 32.2 Å². The van der Waals surface area contributed by atoms with Crippen LogP contribution in [0.25, 0.3) is 0 Å². The van der Waals surface area contributed by atoms with Gasteiger partial charge in [-0.25, -0.2) is 13.1 Å². The summed E-state index contributed by atoms with van der Waals surface area (Å²) in [6.07, 6.45) is 5.44. The minimum Gasteiger partial charge on any atom is -0.451 e. The van der Waals surface area contributed by atoms with Crippen LogP contribution in [0.5, 0.6) is 0 Å². The van der Waals surface area contributed by atoms with Crippen LogP contribution < -0.4 is 10.0 Å². The molecule has 1 saturated carbocycles. The third kappa shape index (κ3) is 1.93. The van der Waals surface area contributed by atoms with Crippen LogP contribution in [0.2, 0.25) is 0 Å². The molecule has 1 aromatic rings. The first-order valence-electron chi connectivity index (χ1n) is 6.04. The van der Waals surface area contributed by atoms with Gasteiger partial charge in [0.1, 0.15) is 0 Å². The average molecular weight is 335 g/mol. The molecular formula is C11H15BrN2O3S. The second-order valence-electron chi connectivity index (χ2n) is 4.96. The van der Waals surface area contributed by atoms with Crippen molar-refractivity contribution in [1.82, 2.24) is 10.0 Å². The van der Waals surface area contributed by atoms with Crippen LogP contribution in [-0.2, 0) is 10.0 Å². The second kappa shape index (κ2) is 4.33. The molecule has 1 saturated heterocycles. The Morgan fingerprint density at radius 2 is 2.28 bits per heavy atom. The second-order valence-corrected chi connectivity index (χ2v) is 7.42. The lowest BCUT2D eigenvalue weighted by Gasteiger charge is -2.43. The molecule has 7 heteroatoms. The molecule has 100 valence electrons. The van der Waals surface area contributed by atoms with Crippen LogP contribution in [0.4, 0.5) is 0 Å². The molecule has 0 amide bonds. The number of nitrogens with one attached hydrogen (secondary N) is 2. The topological polar surface area (TPSA) is 71.3 Å². The molecule has 0 radical (unpaired) electrons. The molecule has 2 fully saturated rings. The van der Waals surface area contributed by atoms with Gasteiger partial charge in [-0.3, -0.25) is 0 Å². The van der Waals surface area contributed by atoms with E-state index in [1.807, 2.05) is 0 Å². The van der Waals surface area contributed by atoms with Gasteiger partial charge in [0.05, 0.1) is 10.7 Å². The molecule has 2 N–H and O–H groups in total. The molecule has 5 nitrogen and oxygen atoms in total. The molecule has 0 aromatic carbocycles. The number of hydrogen-bond donors (Lipinski definition) is 2. The molecular weight excluding hydrogens is 320 g/mol. The summed E-state index contributed by atoms with van der Waals surface area (Å²) >= 11 is 3.18. The zero-order chi connectivity index (χ0) is 12.8. The van der Waals surface area contributed by atoms with Crippen LogP contribution >= 0.6 is 15.9 Å². The van der Waals surface area contributed by atoms with Gasteiger partial charge in [0.25, 0.3) is 10.0 Å². The third-order valence-corrected chi connectivity index (χ3v) is 6.23. The summed E-state index contributed by atoms with van der Waals surface area (Å²) in [5, 5.41) is 3.39. The van der Waals surface area contributed by atoms with Crippen LogP contribution in [0, 0.1) is 0 Å². The van der Waals surface area contributed by atoms with Gasteiger partial charge in [-0.1, -0.05) is 0 Å². The highest BCUT2D eigenvalue weighted by atomic mass is 79.9. The van der Waals surface area contributed by atoms with E-state index in [-0.39, 0.29) is 16.7 Å². The Morgan fingerprint density at radius 1 is 1.50 bits per heavy atom. The number of furan rings is 1. The van der Waals surface area contributed by atoms with E-state index in [1.165, 1.54) is 6.26 Å². The first kappa shape index (κ1) is 12.7. The van der Waals surface area contributed by atoms with E-state index in [2.05, 4.69) is 26.0 Å². The summed E-state index contributed by atoms with van der Waals surface area (Å²) in [6.45, 7) is 0.868. The molecule has 2 aliphatic rings. The van der Waals surface area contributed by atoms with E-state index in [9.17, 15) is 8.42 Å². The summed E-state index contributed by atoms with van der Waals surface area (Å²) in [7, 11) is -3.58. The predicted molar refractivity (Wildman–Crippen MR) is 69.7 cm³/mol. The smallest absolute Gasteiger partial charge is 0.275 e. The van der Waals surface area contributed by atoms with Crippen molar-refractivity contribution in [3.8, 4) is 0 Å². The predicted octanol–water partition coefficient (Wildman–Crippen LogP) is 1.60. The van der Waals surface area contributed by atoms with Crippen molar-refractivity contribution in [2.45, 2.75) is 42.4 Å². The van der Waals surface area contributed by atoms with E-state index in [1.54, 1.807) is 6.07 Å². The first-order chi connectivity index (χ1) is 8.54. The van der Waals surface area contributed by atoms with Crippen LogP contribution in [0.1, 0.15) is 25.7 Å². The molecule has 1 aliphatic heterocycles. The van der Waals surface area contributed by atoms with Gasteiger partial charge < -0.3 is 9.73 Å². The summed E-state index contributed by atoms with van der Waals surface area (Å²) < 4.78 is 32.8. The Kier molecular flexibility index (Phi) is 3.04. The highest BCUT2D eigenvalue weighted by molar-refractivity contribution is 9.10. The van der Waals surface area contributed by atoms with Crippen molar-refractivity contribution in [3.05, 3.63) is 16.8 Å². The summed E-state index contributed by atoms with van der Waals surface area (Å²) in [6, 6.07) is 1.55. The number of rotatable bonds is 3. The Balaban J connectivity index is 1.82. The van der Waals surface area contributed by atoms with Crippen molar-refractivity contribution in [1.29, 1.82) is 0 Å². The zero-order valence-corrected chi connectivity index (χ0v) is 12.2. The van der Waals surface area contributed by atoms with Gasteiger partial charge in [0.2, 0.25) is 5.09 Å². The van der Waals surface area contributed by atoms with Crippen molar-refractivity contribution >= 4 is 26.0 Å². The van der Waals surface area contributed by atoms with Crippen LogP contribution in [0.3, 0.4) is 0 Å². The fourth-order valence-electron chi connectivity index (χ4n) is 2.83. The largest absolute Gasteiger partial charge is 0.451 e. The highest BCUT2D eigenvalue weighted by Gasteiger charge is 2.48. The van der Waals surface area contributed by atoms with Crippen molar-refractivity contribution in [2.24, 2.45) is 0 Å². The lowest BCUT2D eigenvalue weighted by Crippen LogP contribution is -2.59. The quantitative estimate of drug-likeness (QED) is 0.880. The lowest BCUT2D eigenvalue weighted by molar-refractivity contribution is 0.183. The molecule has 2 heterocycles. The first-order valence-corrected chi connectivity index (χ1v) is 8.31.